The topological polar surface area (TPSA) is 129 Å². The number of carbonyl (C=O) groups is 1. The number of ether oxygens (including phenoxy) is 1. The minimum atomic E-state index is -4.86. The highest BCUT2D eigenvalue weighted by molar-refractivity contribution is 7.93. The van der Waals surface area contributed by atoms with Gasteiger partial charge in [-0.15, -0.1) is 0 Å². The van der Waals surface area contributed by atoms with Gasteiger partial charge in [-0.25, -0.2) is 13.2 Å². The molecule has 0 aliphatic heterocycles. The Balaban J connectivity index is 1.56. The zero-order valence-corrected chi connectivity index (χ0v) is 20.2. The van der Waals surface area contributed by atoms with Gasteiger partial charge >= 0.3 is 12.3 Å². The lowest BCUT2D eigenvalue weighted by Crippen LogP contribution is -2.65. The Labute approximate surface area is 211 Å². The van der Waals surface area contributed by atoms with Crippen molar-refractivity contribution in [1.29, 1.82) is 5.26 Å². The number of amides is 1. The molecule has 0 heterocycles. The van der Waals surface area contributed by atoms with Crippen molar-refractivity contribution in [1.82, 2.24) is 5.32 Å². The third-order valence-corrected chi connectivity index (χ3v) is 8.74. The van der Waals surface area contributed by atoms with Crippen LogP contribution in [0.5, 0.6) is 0 Å². The van der Waals surface area contributed by atoms with E-state index in [1.165, 1.54) is 6.07 Å². The number of sulfonamides is 1. The van der Waals surface area contributed by atoms with E-state index >= 15 is 0 Å². The lowest BCUT2D eigenvalue weighted by atomic mass is 9.64. The smallest absolute Gasteiger partial charge is 0.417 e. The number of halogens is 3. The molecule has 0 radical (unpaired) electrons. The summed E-state index contributed by atoms with van der Waals surface area (Å²) in [6.07, 6.45) is -1.66. The molecule has 3 aliphatic carbocycles. The van der Waals surface area contributed by atoms with Gasteiger partial charge in [-0.1, -0.05) is 42.5 Å². The summed E-state index contributed by atoms with van der Waals surface area (Å²) in [5, 5.41) is 20.7. The van der Waals surface area contributed by atoms with E-state index in [2.05, 4.69) is 10.0 Å². The van der Waals surface area contributed by atoms with Crippen molar-refractivity contribution in [2.45, 2.75) is 36.4 Å². The summed E-state index contributed by atoms with van der Waals surface area (Å²) in [7, 11) is -4.34. The van der Waals surface area contributed by atoms with Crippen LogP contribution in [0, 0.1) is 23.2 Å². The van der Waals surface area contributed by atoms with Crippen LogP contribution in [0.15, 0.2) is 60.7 Å². The maximum atomic E-state index is 13.4. The number of nitrogens with zero attached hydrogens (tertiary/aromatic N) is 1. The molecule has 2 bridgehead atoms. The highest BCUT2D eigenvalue weighted by Gasteiger charge is 2.56. The summed E-state index contributed by atoms with van der Waals surface area (Å²) in [6.45, 7) is -0.616. The first-order chi connectivity index (χ1) is 17.5. The number of rotatable bonds is 7. The molecule has 2 aromatic rings. The number of aliphatic hydroxyl groups is 1. The second-order valence-electron chi connectivity index (χ2n) is 9.06. The number of allylic oxidation sites excluding steroid dienone is 1. The number of alkyl halides is 3. The van der Waals surface area contributed by atoms with Crippen molar-refractivity contribution in [2.75, 3.05) is 11.3 Å². The number of benzene rings is 2. The standard InChI is InChI=1S/C25H24F3N3O5S/c26-25(27,28)20-12-19(7-6-18(20)13-29)31-37(34,35)22-17-8-10-24(11-9-17,21(22)14-32)30-23(33)36-15-16-4-2-1-3-5-16/h1-8,10,12,17,21-22,31-32H,9,11,14-15H2,(H,30,33)/t17-,21-,22-,24+/m0/s1. The normalized spacial score (nSPS) is 24.8. The highest BCUT2D eigenvalue weighted by atomic mass is 32.2. The third kappa shape index (κ3) is 5.42. The number of carbonyl (C=O) groups excluding carboxylic acids is 1. The van der Waals surface area contributed by atoms with Crippen LogP contribution in [-0.4, -0.2) is 37.0 Å². The summed E-state index contributed by atoms with van der Waals surface area (Å²) in [5.41, 5.74) is -2.74. The van der Waals surface area contributed by atoms with E-state index < -0.39 is 62.7 Å². The number of nitrogens with one attached hydrogen (secondary N) is 2. The molecule has 0 saturated heterocycles. The van der Waals surface area contributed by atoms with Gasteiger partial charge in [0, 0.05) is 18.2 Å². The Bertz CT molecular complexity index is 1340. The number of hydrogen-bond donors (Lipinski definition) is 3. The van der Waals surface area contributed by atoms with Crippen LogP contribution in [0.4, 0.5) is 23.7 Å². The zero-order chi connectivity index (χ0) is 26.8. The van der Waals surface area contributed by atoms with Gasteiger partial charge in [-0.05, 0) is 42.5 Å². The minimum absolute atomic E-state index is 0.0115. The molecule has 3 N–H and O–H groups in total. The Morgan fingerprint density at radius 2 is 1.95 bits per heavy atom. The van der Waals surface area contributed by atoms with Crippen molar-refractivity contribution in [2.24, 2.45) is 11.8 Å². The van der Waals surface area contributed by atoms with Crippen LogP contribution >= 0.6 is 0 Å². The highest BCUT2D eigenvalue weighted by Crippen LogP contribution is 2.47. The van der Waals surface area contributed by atoms with Gasteiger partial charge in [0.1, 0.15) is 6.61 Å². The lowest BCUT2D eigenvalue weighted by Gasteiger charge is -2.51. The molecule has 1 amide bonds. The van der Waals surface area contributed by atoms with Crippen LogP contribution in [0.2, 0.25) is 0 Å². The lowest BCUT2D eigenvalue weighted by molar-refractivity contribution is -0.137. The van der Waals surface area contributed by atoms with Crippen molar-refractivity contribution in [3.05, 3.63) is 77.4 Å². The fourth-order valence-electron chi connectivity index (χ4n) is 5.09. The van der Waals surface area contributed by atoms with E-state index in [0.717, 1.165) is 17.7 Å². The summed E-state index contributed by atoms with van der Waals surface area (Å²) >= 11 is 0. The van der Waals surface area contributed by atoms with Crippen LogP contribution in [0.25, 0.3) is 0 Å². The van der Waals surface area contributed by atoms with Gasteiger partial charge in [0.2, 0.25) is 10.0 Å². The van der Waals surface area contributed by atoms with E-state index in [9.17, 15) is 31.5 Å². The quantitative estimate of drug-likeness (QED) is 0.461. The Morgan fingerprint density at radius 3 is 2.54 bits per heavy atom. The van der Waals surface area contributed by atoms with Gasteiger partial charge in [0.25, 0.3) is 0 Å². The molecule has 12 heteroatoms. The third-order valence-electron chi connectivity index (χ3n) is 6.82. The number of anilines is 1. The number of hydrogen-bond acceptors (Lipinski definition) is 6. The van der Waals surface area contributed by atoms with Crippen molar-refractivity contribution in [3.63, 3.8) is 0 Å². The monoisotopic (exact) mass is 535 g/mol. The van der Waals surface area contributed by atoms with Crippen LogP contribution in [0.1, 0.15) is 29.5 Å². The molecule has 0 aromatic heterocycles. The van der Waals surface area contributed by atoms with E-state index in [1.807, 2.05) is 6.07 Å². The van der Waals surface area contributed by atoms with Crippen LogP contribution in [-0.2, 0) is 27.5 Å². The van der Waals surface area contributed by atoms with Crippen LogP contribution in [0.3, 0.4) is 0 Å². The second kappa shape index (κ2) is 10.1. The predicted octanol–water partition coefficient (Wildman–Crippen LogP) is 3.94. The Kier molecular flexibility index (Phi) is 7.21. The molecule has 37 heavy (non-hydrogen) atoms. The van der Waals surface area contributed by atoms with Crippen molar-refractivity contribution in [3.8, 4) is 6.07 Å². The summed E-state index contributed by atoms with van der Waals surface area (Å²) in [6, 6.07) is 12.9. The molecule has 1 fully saturated rings. The fraction of sp³-hybridized carbons (Fsp3) is 0.360. The van der Waals surface area contributed by atoms with E-state index in [0.29, 0.717) is 18.9 Å². The number of aliphatic hydroxyl groups excluding tert-OH is 1. The summed E-state index contributed by atoms with van der Waals surface area (Å²) < 4.78 is 74.4. The summed E-state index contributed by atoms with van der Waals surface area (Å²) in [4.78, 5) is 12.6. The molecule has 4 atom stereocenters. The molecule has 2 aromatic carbocycles. The molecular weight excluding hydrogens is 511 g/mol. The molecule has 1 saturated carbocycles. The summed E-state index contributed by atoms with van der Waals surface area (Å²) in [5.74, 6) is -1.52. The SMILES string of the molecule is N#Cc1ccc(NS(=O)(=O)[C@H]2[C@H]3C=C[C@@](NC(=O)OCc4ccccc4)(CC3)[C@H]2CO)cc1C(F)(F)F. The van der Waals surface area contributed by atoms with Gasteiger partial charge in [-0.2, -0.15) is 18.4 Å². The zero-order valence-electron chi connectivity index (χ0n) is 19.4. The average molecular weight is 536 g/mol. The number of nitriles is 1. The van der Waals surface area contributed by atoms with Gasteiger partial charge in [0.15, 0.2) is 0 Å². The van der Waals surface area contributed by atoms with Crippen LogP contribution < -0.4 is 10.0 Å². The first-order valence-corrected chi connectivity index (χ1v) is 13.0. The Hall–Kier alpha value is -3.56. The maximum absolute atomic E-state index is 13.4. The van der Waals surface area contributed by atoms with Gasteiger partial charge < -0.3 is 15.2 Å². The molecular formula is C25H24F3N3O5S. The molecule has 8 nitrogen and oxygen atoms in total. The molecule has 3 aliphatic rings. The Morgan fingerprint density at radius 1 is 1.22 bits per heavy atom. The predicted molar refractivity (Wildman–Crippen MR) is 127 cm³/mol. The first kappa shape index (κ1) is 26.5. The van der Waals surface area contributed by atoms with Gasteiger partial charge in [0.05, 0.1) is 28.0 Å². The van der Waals surface area contributed by atoms with E-state index in [-0.39, 0.29) is 12.3 Å². The molecule has 0 spiro atoms. The van der Waals surface area contributed by atoms with Crippen molar-refractivity contribution < 1.29 is 36.2 Å². The second-order valence-corrected chi connectivity index (χ2v) is 10.9. The minimum Gasteiger partial charge on any atom is -0.445 e. The van der Waals surface area contributed by atoms with Crippen molar-refractivity contribution >= 4 is 21.8 Å². The fourth-order valence-corrected chi connectivity index (χ4v) is 7.13. The first-order valence-electron chi connectivity index (χ1n) is 11.4. The largest absolute Gasteiger partial charge is 0.445 e. The van der Waals surface area contributed by atoms with E-state index in [1.54, 1.807) is 36.4 Å². The molecule has 5 rings (SSSR count). The number of fused-ring (bicyclic) bond motifs is 2. The molecule has 0 unspecified atom stereocenters. The van der Waals surface area contributed by atoms with Gasteiger partial charge in [-0.3, -0.25) is 4.72 Å². The molecule has 196 valence electrons. The van der Waals surface area contributed by atoms with E-state index in [4.69, 9.17) is 10.00 Å². The number of alkyl carbamates (subject to hydrolysis) is 1. The average Bonchev–Trinajstić information content (AvgIpc) is 2.87. The maximum Gasteiger partial charge on any atom is 0.417 e.